The molecule has 0 heterocycles. The summed E-state index contributed by atoms with van der Waals surface area (Å²) in [7, 11) is 1.56. The molecule has 0 saturated heterocycles. The van der Waals surface area contributed by atoms with Crippen LogP contribution in [0, 0.1) is 0 Å². The lowest BCUT2D eigenvalue weighted by molar-refractivity contribution is -0.870. The van der Waals surface area contributed by atoms with Gasteiger partial charge in [0.05, 0.1) is 39.9 Å². The van der Waals surface area contributed by atoms with Crippen molar-refractivity contribution in [2.45, 2.75) is 270 Å². The lowest BCUT2D eigenvalue weighted by Crippen LogP contribution is -2.45. The molecule has 0 fully saturated rings. The molecular weight excluding hydrogens is 816 g/mol. The summed E-state index contributed by atoms with van der Waals surface area (Å²) in [5.74, 6) is -0.187. The zero-order valence-corrected chi connectivity index (χ0v) is 43.9. The number of quaternary nitrogens is 1. The van der Waals surface area contributed by atoms with Gasteiger partial charge < -0.3 is 19.8 Å². The van der Waals surface area contributed by atoms with Crippen LogP contribution in [0.5, 0.6) is 0 Å². The summed E-state index contributed by atoms with van der Waals surface area (Å²) in [6.45, 7) is 4.82. The molecule has 0 aliphatic rings. The molecular formula is C55H108N2O6P+. The van der Waals surface area contributed by atoms with Crippen LogP contribution >= 0.6 is 7.82 Å². The maximum absolute atomic E-state index is 12.9. The SMILES string of the molecule is CCCCCCCCCCCCC/C=C/CC/C=C/C(O)C(COP(=O)(O)OCC[N+](C)(C)C)NC(=O)CCCCCCCCCCC/C=C\CCCCCCCCCCCCCC. The molecule has 0 aliphatic heterocycles. The van der Waals surface area contributed by atoms with Crippen LogP contribution in [0.15, 0.2) is 36.5 Å². The number of carbonyl (C=O) groups is 1. The van der Waals surface area contributed by atoms with Gasteiger partial charge in [-0.3, -0.25) is 13.8 Å². The number of phosphoric ester groups is 1. The van der Waals surface area contributed by atoms with Crippen molar-refractivity contribution in [2.75, 3.05) is 40.9 Å². The van der Waals surface area contributed by atoms with Crippen LogP contribution in [0.3, 0.4) is 0 Å². The normalized spacial score (nSPS) is 14.3. The molecule has 0 aromatic rings. The first kappa shape index (κ1) is 62.7. The summed E-state index contributed by atoms with van der Waals surface area (Å²) >= 11 is 0. The first-order valence-corrected chi connectivity index (χ1v) is 28.9. The minimum atomic E-state index is -4.35. The molecule has 378 valence electrons. The second-order valence-electron chi connectivity index (χ2n) is 19.9. The molecule has 0 aromatic carbocycles. The third-order valence-corrected chi connectivity index (χ3v) is 13.3. The summed E-state index contributed by atoms with van der Waals surface area (Å²) in [6, 6.07) is -0.863. The fourth-order valence-electron chi connectivity index (χ4n) is 7.99. The van der Waals surface area contributed by atoms with E-state index in [-0.39, 0.29) is 19.1 Å². The predicted octanol–water partition coefficient (Wildman–Crippen LogP) is 16.2. The fourth-order valence-corrected chi connectivity index (χ4v) is 8.73. The topological polar surface area (TPSA) is 105 Å². The number of likely N-dealkylation sites (N-methyl/N-ethyl adjacent to an activating group) is 1. The van der Waals surface area contributed by atoms with Gasteiger partial charge in [-0.2, -0.15) is 0 Å². The fraction of sp³-hybridized carbons (Fsp3) is 0.873. The van der Waals surface area contributed by atoms with Crippen molar-refractivity contribution in [1.82, 2.24) is 5.32 Å². The molecule has 9 heteroatoms. The van der Waals surface area contributed by atoms with E-state index >= 15 is 0 Å². The number of phosphoric acid groups is 1. The van der Waals surface area contributed by atoms with E-state index in [1.54, 1.807) is 6.08 Å². The Morgan fingerprint density at radius 1 is 0.516 bits per heavy atom. The van der Waals surface area contributed by atoms with Gasteiger partial charge in [0.2, 0.25) is 5.91 Å². The number of amides is 1. The van der Waals surface area contributed by atoms with Crippen molar-refractivity contribution in [2.24, 2.45) is 0 Å². The number of hydrogen-bond donors (Lipinski definition) is 3. The van der Waals surface area contributed by atoms with Gasteiger partial charge in [-0.1, -0.05) is 230 Å². The number of carbonyl (C=O) groups excluding carboxylic acids is 1. The molecule has 3 unspecified atom stereocenters. The van der Waals surface area contributed by atoms with Gasteiger partial charge in [-0.25, -0.2) is 4.57 Å². The number of nitrogens with one attached hydrogen (secondary N) is 1. The maximum Gasteiger partial charge on any atom is 0.472 e. The molecule has 3 atom stereocenters. The van der Waals surface area contributed by atoms with Gasteiger partial charge in [0.25, 0.3) is 0 Å². The minimum Gasteiger partial charge on any atom is -0.387 e. The Morgan fingerprint density at radius 3 is 1.25 bits per heavy atom. The Morgan fingerprint density at radius 2 is 0.859 bits per heavy atom. The van der Waals surface area contributed by atoms with Gasteiger partial charge in [0.1, 0.15) is 13.2 Å². The number of aliphatic hydroxyl groups is 1. The number of nitrogens with zero attached hydrogens (tertiary/aromatic N) is 1. The summed E-state index contributed by atoms with van der Waals surface area (Å²) in [5, 5.41) is 13.9. The molecule has 1 amide bonds. The zero-order valence-electron chi connectivity index (χ0n) is 43.0. The molecule has 0 spiro atoms. The number of allylic oxidation sites excluding steroid dienone is 5. The van der Waals surface area contributed by atoms with Gasteiger partial charge in [0.15, 0.2) is 0 Å². The second-order valence-corrected chi connectivity index (χ2v) is 21.4. The highest BCUT2D eigenvalue weighted by Gasteiger charge is 2.27. The van der Waals surface area contributed by atoms with Crippen LogP contribution in [0.2, 0.25) is 0 Å². The quantitative estimate of drug-likeness (QED) is 0.0243. The maximum atomic E-state index is 12.9. The molecule has 64 heavy (non-hydrogen) atoms. The highest BCUT2D eigenvalue weighted by Crippen LogP contribution is 2.43. The van der Waals surface area contributed by atoms with Crippen molar-refractivity contribution < 1.29 is 32.9 Å². The standard InChI is InChI=1S/C55H107N2O6P/c1-6-8-10-12-14-16-18-20-22-24-25-26-27-28-29-30-31-33-35-37-39-41-43-45-47-49-55(59)56-53(52-63-64(60,61)62-51-50-57(3,4)5)54(58)48-46-44-42-40-38-36-34-32-23-21-19-17-15-13-11-9-7-2/h28-29,38,40,46,48,53-54,58H,6-27,30-37,39,41-45,47,49-52H2,1-5H3,(H-,56,59,60,61)/p+1/b29-28-,40-38+,48-46+. The molecule has 3 N–H and O–H groups in total. The van der Waals surface area contributed by atoms with Crippen LogP contribution in [-0.2, 0) is 18.4 Å². The van der Waals surface area contributed by atoms with Crippen molar-refractivity contribution in [1.29, 1.82) is 0 Å². The minimum absolute atomic E-state index is 0.0563. The van der Waals surface area contributed by atoms with Crippen molar-refractivity contribution in [3.05, 3.63) is 36.5 Å². The Bertz CT molecular complexity index is 1140. The smallest absolute Gasteiger partial charge is 0.387 e. The van der Waals surface area contributed by atoms with E-state index in [9.17, 15) is 19.4 Å². The Labute approximate surface area is 397 Å². The first-order valence-electron chi connectivity index (χ1n) is 27.4. The Balaban J connectivity index is 4.25. The van der Waals surface area contributed by atoms with Crippen LogP contribution in [0.25, 0.3) is 0 Å². The number of hydrogen-bond acceptors (Lipinski definition) is 5. The van der Waals surface area contributed by atoms with Crippen LogP contribution in [0.4, 0.5) is 0 Å². The van der Waals surface area contributed by atoms with E-state index in [0.29, 0.717) is 17.4 Å². The van der Waals surface area contributed by atoms with E-state index in [0.717, 1.165) is 38.5 Å². The third-order valence-electron chi connectivity index (χ3n) is 12.3. The zero-order chi connectivity index (χ0) is 47.1. The van der Waals surface area contributed by atoms with Crippen molar-refractivity contribution in [3.8, 4) is 0 Å². The lowest BCUT2D eigenvalue weighted by Gasteiger charge is -2.25. The molecule has 0 saturated carbocycles. The molecule has 0 bridgehead atoms. The summed E-state index contributed by atoms with van der Waals surface area (Å²) in [6.07, 6.45) is 59.5. The average molecular weight is 924 g/mol. The first-order chi connectivity index (χ1) is 31.0. The van der Waals surface area contributed by atoms with Crippen LogP contribution in [0.1, 0.15) is 258 Å². The molecule has 8 nitrogen and oxygen atoms in total. The monoisotopic (exact) mass is 924 g/mol. The highest BCUT2D eigenvalue weighted by atomic mass is 31.2. The highest BCUT2D eigenvalue weighted by molar-refractivity contribution is 7.47. The van der Waals surface area contributed by atoms with Crippen LogP contribution < -0.4 is 5.32 Å². The van der Waals surface area contributed by atoms with E-state index < -0.39 is 20.0 Å². The van der Waals surface area contributed by atoms with E-state index in [1.807, 2.05) is 27.2 Å². The molecule has 0 aliphatic carbocycles. The van der Waals surface area contributed by atoms with Gasteiger partial charge in [-0.05, 0) is 57.8 Å². The van der Waals surface area contributed by atoms with E-state index in [4.69, 9.17) is 9.05 Å². The summed E-state index contributed by atoms with van der Waals surface area (Å²) in [4.78, 5) is 23.2. The average Bonchev–Trinajstić information content (AvgIpc) is 3.25. The van der Waals surface area contributed by atoms with Gasteiger partial charge >= 0.3 is 7.82 Å². The molecule has 0 radical (unpaired) electrons. The number of aliphatic hydroxyl groups excluding tert-OH is 1. The summed E-state index contributed by atoms with van der Waals surface area (Å²) < 4.78 is 23.6. The largest absolute Gasteiger partial charge is 0.472 e. The van der Waals surface area contributed by atoms with Gasteiger partial charge in [0, 0.05) is 6.42 Å². The molecule has 0 rings (SSSR count). The Kier molecular flexibility index (Phi) is 45.9. The van der Waals surface area contributed by atoms with E-state index in [1.165, 1.54) is 199 Å². The number of rotatable bonds is 50. The van der Waals surface area contributed by atoms with E-state index in [2.05, 4.69) is 43.5 Å². The van der Waals surface area contributed by atoms with Crippen LogP contribution in [-0.4, -0.2) is 73.4 Å². The van der Waals surface area contributed by atoms with Gasteiger partial charge in [-0.15, -0.1) is 0 Å². The third kappa shape index (κ3) is 48.6. The summed E-state index contributed by atoms with van der Waals surface area (Å²) in [5.41, 5.74) is 0. The number of unbranched alkanes of at least 4 members (excludes halogenated alkanes) is 33. The van der Waals surface area contributed by atoms with Crippen molar-refractivity contribution >= 4 is 13.7 Å². The van der Waals surface area contributed by atoms with Crippen molar-refractivity contribution in [3.63, 3.8) is 0 Å². The Hall–Kier alpha value is -1.28. The second kappa shape index (κ2) is 46.8. The lowest BCUT2D eigenvalue weighted by atomic mass is 10.0. The predicted molar refractivity (Wildman–Crippen MR) is 277 cm³/mol. The molecule has 0 aromatic heterocycles.